The van der Waals surface area contributed by atoms with E-state index < -0.39 is 0 Å². The molecule has 0 unspecified atom stereocenters. The number of fused-ring (bicyclic) bond motifs is 1. The molecule has 0 atom stereocenters. The molecule has 9 heteroatoms. The van der Waals surface area contributed by atoms with Crippen molar-refractivity contribution in [1.29, 1.82) is 0 Å². The molecule has 140 valence electrons. The largest absolute Gasteiger partial charge is 0.360 e. The Morgan fingerprint density at radius 3 is 2.74 bits per heavy atom. The molecule has 0 radical (unpaired) electrons. The molecule has 2 amide bonds. The lowest BCUT2D eigenvalue weighted by atomic mass is 10.3. The highest BCUT2D eigenvalue weighted by molar-refractivity contribution is 5.93. The lowest BCUT2D eigenvalue weighted by Gasteiger charge is -2.33. The molecule has 1 N–H and O–H groups in total. The number of rotatable bonds is 4. The molecule has 0 saturated carbocycles. The number of amides is 2. The molecule has 0 bridgehead atoms. The number of aryl methyl sites for hydroxylation is 1. The zero-order valence-electron chi connectivity index (χ0n) is 15.0. The maximum Gasteiger partial charge on any atom is 0.274 e. The Morgan fingerprint density at radius 2 is 2.04 bits per heavy atom. The van der Waals surface area contributed by atoms with E-state index in [1.165, 1.54) is 0 Å². The number of carbonyl (C=O) groups is 2. The molecule has 1 aliphatic heterocycles. The van der Waals surface area contributed by atoms with Crippen molar-refractivity contribution in [3.8, 4) is 0 Å². The van der Waals surface area contributed by atoms with Crippen LogP contribution in [-0.2, 0) is 4.79 Å². The van der Waals surface area contributed by atoms with Crippen molar-refractivity contribution >= 4 is 23.3 Å². The van der Waals surface area contributed by atoms with Gasteiger partial charge in [0.2, 0.25) is 5.91 Å². The van der Waals surface area contributed by atoms with Crippen LogP contribution in [0.2, 0.25) is 0 Å². The van der Waals surface area contributed by atoms with E-state index in [0.717, 1.165) is 5.65 Å². The van der Waals surface area contributed by atoms with E-state index in [1.807, 2.05) is 33.7 Å². The van der Waals surface area contributed by atoms with Gasteiger partial charge in [-0.2, -0.15) is 0 Å². The number of aromatic nitrogens is 3. The van der Waals surface area contributed by atoms with Gasteiger partial charge in [-0.25, -0.2) is 4.98 Å². The van der Waals surface area contributed by atoms with Crippen molar-refractivity contribution in [2.45, 2.75) is 6.92 Å². The smallest absolute Gasteiger partial charge is 0.274 e. The maximum atomic E-state index is 12.7. The van der Waals surface area contributed by atoms with Crippen LogP contribution < -0.4 is 5.32 Å². The molecule has 1 saturated heterocycles. The number of nitrogens with one attached hydrogen (secondary N) is 1. The van der Waals surface area contributed by atoms with Crippen LogP contribution in [0.25, 0.3) is 5.65 Å². The standard InChI is InChI=1S/C18H20N6O3/c1-13-10-15(21-27-13)20-17(25)12-22-6-8-23(9-7-22)18(26)14-11-24-5-3-2-4-16(24)19-14/h2-5,10-11H,6-9,12H2,1H3,(H,20,21,25). The van der Waals surface area contributed by atoms with E-state index in [4.69, 9.17) is 4.52 Å². The summed E-state index contributed by atoms with van der Waals surface area (Å²) in [6.45, 7) is 4.39. The Bertz CT molecular complexity index is 937. The van der Waals surface area contributed by atoms with Crippen LogP contribution in [0.5, 0.6) is 0 Å². The van der Waals surface area contributed by atoms with E-state index in [0.29, 0.717) is 43.5 Å². The monoisotopic (exact) mass is 368 g/mol. The molecule has 3 aromatic heterocycles. The van der Waals surface area contributed by atoms with Crippen LogP contribution in [0.4, 0.5) is 5.82 Å². The van der Waals surface area contributed by atoms with E-state index in [9.17, 15) is 9.59 Å². The summed E-state index contributed by atoms with van der Waals surface area (Å²) in [7, 11) is 0. The number of piperazine rings is 1. The Hall–Kier alpha value is -3.20. The molecule has 0 aliphatic carbocycles. The van der Waals surface area contributed by atoms with Crippen molar-refractivity contribution in [2.75, 3.05) is 38.0 Å². The fourth-order valence-electron chi connectivity index (χ4n) is 3.12. The third-order valence-corrected chi connectivity index (χ3v) is 4.51. The predicted octanol–water partition coefficient (Wildman–Crippen LogP) is 1.03. The Morgan fingerprint density at radius 1 is 1.22 bits per heavy atom. The van der Waals surface area contributed by atoms with Crippen LogP contribution in [0.15, 0.2) is 41.2 Å². The Labute approximate surface area is 155 Å². The van der Waals surface area contributed by atoms with Gasteiger partial charge in [-0.05, 0) is 19.1 Å². The minimum absolute atomic E-state index is 0.0825. The van der Waals surface area contributed by atoms with Crippen LogP contribution in [0, 0.1) is 6.92 Å². The Kier molecular flexibility index (Phi) is 4.59. The normalized spacial score (nSPS) is 15.2. The van der Waals surface area contributed by atoms with Crippen LogP contribution in [0.3, 0.4) is 0 Å². The number of hydrogen-bond acceptors (Lipinski definition) is 6. The summed E-state index contributed by atoms with van der Waals surface area (Å²) >= 11 is 0. The molecule has 0 aromatic carbocycles. The van der Waals surface area contributed by atoms with Crippen molar-refractivity contribution in [3.05, 3.63) is 48.1 Å². The summed E-state index contributed by atoms with van der Waals surface area (Å²) in [4.78, 5) is 32.9. The van der Waals surface area contributed by atoms with Gasteiger partial charge >= 0.3 is 0 Å². The average molecular weight is 368 g/mol. The van der Waals surface area contributed by atoms with Crippen molar-refractivity contribution in [2.24, 2.45) is 0 Å². The minimum Gasteiger partial charge on any atom is -0.360 e. The zero-order chi connectivity index (χ0) is 18.8. The summed E-state index contributed by atoms with van der Waals surface area (Å²) in [5, 5.41) is 6.45. The second-order valence-electron chi connectivity index (χ2n) is 6.53. The van der Waals surface area contributed by atoms with Crippen LogP contribution >= 0.6 is 0 Å². The third kappa shape index (κ3) is 3.82. The van der Waals surface area contributed by atoms with Gasteiger partial charge in [-0.15, -0.1) is 0 Å². The maximum absolute atomic E-state index is 12.7. The van der Waals surface area contributed by atoms with Crippen molar-refractivity contribution in [3.63, 3.8) is 0 Å². The highest BCUT2D eigenvalue weighted by atomic mass is 16.5. The van der Waals surface area contributed by atoms with E-state index in [2.05, 4.69) is 15.5 Å². The van der Waals surface area contributed by atoms with Gasteiger partial charge in [0.05, 0.1) is 6.54 Å². The summed E-state index contributed by atoms with van der Waals surface area (Å²) in [5.41, 5.74) is 1.19. The van der Waals surface area contributed by atoms with Gasteiger partial charge < -0.3 is 19.1 Å². The van der Waals surface area contributed by atoms with Gasteiger partial charge in [0.25, 0.3) is 5.91 Å². The lowest BCUT2D eigenvalue weighted by Crippen LogP contribution is -2.50. The van der Waals surface area contributed by atoms with E-state index >= 15 is 0 Å². The van der Waals surface area contributed by atoms with Crippen LogP contribution in [0.1, 0.15) is 16.2 Å². The van der Waals surface area contributed by atoms with Gasteiger partial charge in [-0.1, -0.05) is 11.2 Å². The SMILES string of the molecule is Cc1cc(NC(=O)CN2CCN(C(=O)c3cn4ccccc4n3)CC2)no1. The molecular weight excluding hydrogens is 348 g/mol. The summed E-state index contributed by atoms with van der Waals surface area (Å²) in [6, 6.07) is 7.32. The second kappa shape index (κ2) is 7.20. The first-order chi connectivity index (χ1) is 13.1. The van der Waals surface area contributed by atoms with Gasteiger partial charge in [0.15, 0.2) is 5.82 Å². The Balaban J connectivity index is 1.30. The number of carbonyl (C=O) groups excluding carboxylic acids is 2. The molecule has 4 heterocycles. The van der Waals surface area contributed by atoms with Gasteiger partial charge in [-0.3, -0.25) is 14.5 Å². The third-order valence-electron chi connectivity index (χ3n) is 4.51. The second-order valence-corrected chi connectivity index (χ2v) is 6.53. The molecule has 1 aliphatic rings. The predicted molar refractivity (Wildman–Crippen MR) is 97.4 cm³/mol. The highest BCUT2D eigenvalue weighted by Crippen LogP contribution is 2.11. The van der Waals surface area contributed by atoms with Crippen LogP contribution in [-0.4, -0.2) is 68.9 Å². The molecule has 3 aromatic rings. The summed E-state index contributed by atoms with van der Waals surface area (Å²) < 4.78 is 6.76. The quantitative estimate of drug-likeness (QED) is 0.739. The molecule has 1 fully saturated rings. The molecule has 9 nitrogen and oxygen atoms in total. The fourth-order valence-corrected chi connectivity index (χ4v) is 3.12. The molecular formula is C18H20N6O3. The zero-order valence-corrected chi connectivity index (χ0v) is 15.0. The van der Waals surface area contributed by atoms with Gasteiger partial charge in [0.1, 0.15) is 17.1 Å². The van der Waals surface area contributed by atoms with E-state index in [1.54, 1.807) is 24.1 Å². The number of anilines is 1. The first-order valence-electron chi connectivity index (χ1n) is 8.77. The highest BCUT2D eigenvalue weighted by Gasteiger charge is 2.25. The molecule has 0 spiro atoms. The lowest BCUT2D eigenvalue weighted by molar-refractivity contribution is -0.117. The number of pyridine rings is 1. The topological polar surface area (TPSA) is 96.0 Å². The van der Waals surface area contributed by atoms with E-state index in [-0.39, 0.29) is 18.4 Å². The van der Waals surface area contributed by atoms with Crippen molar-refractivity contribution < 1.29 is 14.1 Å². The van der Waals surface area contributed by atoms with Gasteiger partial charge in [0, 0.05) is 44.6 Å². The first-order valence-corrected chi connectivity index (χ1v) is 8.77. The molecule has 27 heavy (non-hydrogen) atoms. The summed E-state index contributed by atoms with van der Waals surface area (Å²) in [5.74, 6) is 0.826. The number of nitrogens with zero attached hydrogens (tertiary/aromatic N) is 5. The fraction of sp³-hybridized carbons (Fsp3) is 0.333. The molecule has 4 rings (SSSR count). The first kappa shape index (κ1) is 17.2. The average Bonchev–Trinajstić information content (AvgIpc) is 3.27. The number of imidazole rings is 1. The minimum atomic E-state index is -0.150. The number of hydrogen-bond donors (Lipinski definition) is 1. The summed E-state index contributed by atoms with van der Waals surface area (Å²) in [6.07, 6.45) is 3.61. The van der Waals surface area contributed by atoms with Crippen molar-refractivity contribution in [1.82, 2.24) is 24.3 Å².